The number of pyridine rings is 1. The van der Waals surface area contributed by atoms with Crippen molar-refractivity contribution in [2.75, 3.05) is 6.61 Å². The fourth-order valence-corrected chi connectivity index (χ4v) is 3.64. The lowest BCUT2D eigenvalue weighted by Crippen LogP contribution is -2.25. The minimum absolute atomic E-state index is 0.210. The van der Waals surface area contributed by atoms with Gasteiger partial charge < -0.3 is 4.74 Å². The second-order valence-corrected chi connectivity index (χ2v) is 7.41. The van der Waals surface area contributed by atoms with E-state index in [0.29, 0.717) is 13.0 Å². The van der Waals surface area contributed by atoms with Crippen LogP contribution in [0.5, 0.6) is 5.75 Å². The molecule has 1 aromatic heterocycles. The Labute approximate surface area is 157 Å². The van der Waals surface area contributed by atoms with Gasteiger partial charge in [0, 0.05) is 18.3 Å². The minimum Gasteiger partial charge on any atom is -0.493 e. The lowest BCUT2D eigenvalue weighted by Gasteiger charge is -2.09. The normalized spacial score (nSPS) is 16.6. The van der Waals surface area contributed by atoms with Gasteiger partial charge in [-0.3, -0.25) is 19.9 Å². The van der Waals surface area contributed by atoms with Crippen molar-refractivity contribution in [2.45, 2.75) is 37.9 Å². The Morgan fingerprint density at radius 3 is 2.46 bits per heavy atom. The number of nitrogens with zero attached hydrogens (tertiary/aromatic N) is 1. The van der Waals surface area contributed by atoms with E-state index in [4.69, 9.17) is 4.74 Å². The zero-order valence-electron chi connectivity index (χ0n) is 14.7. The van der Waals surface area contributed by atoms with Gasteiger partial charge in [-0.15, -0.1) is 0 Å². The number of imide groups is 1. The molecule has 0 aliphatic carbocycles. The highest BCUT2D eigenvalue weighted by atomic mass is 32.2. The molecule has 2 aromatic rings. The third kappa shape index (κ3) is 5.08. The van der Waals surface area contributed by atoms with E-state index in [2.05, 4.69) is 29.4 Å². The van der Waals surface area contributed by atoms with Crippen molar-refractivity contribution >= 4 is 22.9 Å². The third-order valence-corrected chi connectivity index (χ3v) is 5.14. The van der Waals surface area contributed by atoms with Gasteiger partial charge in [0.25, 0.3) is 5.24 Å². The monoisotopic (exact) mass is 370 g/mol. The fourth-order valence-electron chi connectivity index (χ4n) is 2.78. The smallest absolute Gasteiger partial charge is 0.286 e. The second-order valence-electron chi connectivity index (χ2n) is 6.24. The van der Waals surface area contributed by atoms with E-state index in [0.717, 1.165) is 48.0 Å². The van der Waals surface area contributed by atoms with Crippen LogP contribution in [0.15, 0.2) is 42.6 Å². The van der Waals surface area contributed by atoms with Gasteiger partial charge in [-0.2, -0.15) is 0 Å². The van der Waals surface area contributed by atoms with Crippen LogP contribution in [0.2, 0.25) is 0 Å². The van der Waals surface area contributed by atoms with Crippen LogP contribution in [-0.2, 0) is 24.1 Å². The average molecular weight is 370 g/mol. The second kappa shape index (κ2) is 8.85. The van der Waals surface area contributed by atoms with Crippen molar-refractivity contribution in [3.8, 4) is 5.75 Å². The summed E-state index contributed by atoms with van der Waals surface area (Å²) in [4.78, 5) is 27.3. The molecule has 6 heteroatoms. The summed E-state index contributed by atoms with van der Waals surface area (Å²) >= 11 is 1.05. The van der Waals surface area contributed by atoms with Gasteiger partial charge in [0.15, 0.2) is 0 Å². The van der Waals surface area contributed by atoms with E-state index < -0.39 is 0 Å². The van der Waals surface area contributed by atoms with Crippen molar-refractivity contribution in [1.29, 1.82) is 0 Å². The minimum atomic E-state index is -0.337. The molecule has 1 atom stereocenters. The van der Waals surface area contributed by atoms with Crippen LogP contribution < -0.4 is 10.1 Å². The van der Waals surface area contributed by atoms with E-state index in [1.807, 2.05) is 30.5 Å². The van der Waals surface area contributed by atoms with Gasteiger partial charge in [0.1, 0.15) is 5.75 Å². The Bertz CT molecular complexity index is 760. The topological polar surface area (TPSA) is 68.3 Å². The van der Waals surface area contributed by atoms with Gasteiger partial charge in [-0.05, 0) is 42.2 Å². The number of benzene rings is 1. The first-order valence-corrected chi connectivity index (χ1v) is 9.69. The number of amides is 2. The molecule has 3 rings (SSSR count). The quantitative estimate of drug-likeness (QED) is 0.770. The van der Waals surface area contributed by atoms with Crippen LogP contribution in [0, 0.1) is 0 Å². The molecule has 2 heterocycles. The summed E-state index contributed by atoms with van der Waals surface area (Å²) in [5.41, 5.74) is 3.30. The molecule has 26 heavy (non-hydrogen) atoms. The van der Waals surface area contributed by atoms with E-state index in [9.17, 15) is 9.59 Å². The summed E-state index contributed by atoms with van der Waals surface area (Å²) in [5, 5.41) is 1.70. The number of rotatable bonds is 8. The molecule has 0 saturated carbocycles. The Kier molecular flexibility index (Phi) is 6.28. The largest absolute Gasteiger partial charge is 0.493 e. The molecular formula is C20H22N2O3S. The Hall–Kier alpha value is -2.34. The Balaban J connectivity index is 1.45. The maximum Gasteiger partial charge on any atom is 0.286 e. The molecule has 2 amide bonds. The summed E-state index contributed by atoms with van der Waals surface area (Å²) in [6.45, 7) is 2.72. The summed E-state index contributed by atoms with van der Waals surface area (Å²) < 4.78 is 5.77. The molecule has 136 valence electrons. The van der Waals surface area contributed by atoms with Crippen molar-refractivity contribution < 1.29 is 14.3 Å². The molecule has 1 aliphatic heterocycles. The summed E-state index contributed by atoms with van der Waals surface area (Å²) in [6.07, 6.45) is 5.42. The third-order valence-electron chi connectivity index (χ3n) is 4.16. The SMILES string of the molecule is CCCc1ccc(CCOc2ccc(CC3SC(=O)NC3=O)cc2)nc1. The van der Waals surface area contributed by atoms with Gasteiger partial charge >= 0.3 is 0 Å². The zero-order chi connectivity index (χ0) is 18.4. The summed E-state index contributed by atoms with van der Waals surface area (Å²) in [7, 11) is 0. The molecule has 1 unspecified atom stereocenters. The number of ether oxygens (including phenoxy) is 1. The van der Waals surface area contributed by atoms with E-state index in [-0.39, 0.29) is 16.4 Å². The molecule has 1 N–H and O–H groups in total. The molecule has 1 aliphatic rings. The number of carbonyl (C=O) groups excluding carboxylic acids is 2. The van der Waals surface area contributed by atoms with E-state index >= 15 is 0 Å². The van der Waals surface area contributed by atoms with Crippen LogP contribution in [0.3, 0.4) is 0 Å². The molecule has 0 radical (unpaired) electrons. The predicted molar refractivity (Wildman–Crippen MR) is 102 cm³/mol. The Morgan fingerprint density at radius 1 is 1.08 bits per heavy atom. The maximum atomic E-state index is 11.6. The number of carbonyl (C=O) groups is 2. The van der Waals surface area contributed by atoms with Gasteiger partial charge in [-0.1, -0.05) is 43.3 Å². The first-order valence-electron chi connectivity index (χ1n) is 8.81. The van der Waals surface area contributed by atoms with Crippen LogP contribution in [0.1, 0.15) is 30.2 Å². The van der Waals surface area contributed by atoms with Gasteiger partial charge in [0.2, 0.25) is 5.91 Å². The fraction of sp³-hybridized carbons (Fsp3) is 0.350. The summed E-state index contributed by atoms with van der Waals surface area (Å²) in [6, 6.07) is 11.8. The van der Waals surface area contributed by atoms with E-state index in [1.54, 1.807) is 0 Å². The number of hydrogen-bond acceptors (Lipinski definition) is 5. The highest BCUT2D eigenvalue weighted by Gasteiger charge is 2.31. The lowest BCUT2D eigenvalue weighted by molar-refractivity contribution is -0.118. The Morgan fingerprint density at radius 2 is 1.85 bits per heavy atom. The lowest BCUT2D eigenvalue weighted by atomic mass is 10.1. The molecule has 0 spiro atoms. The van der Waals surface area contributed by atoms with Crippen LogP contribution >= 0.6 is 11.8 Å². The molecule has 1 aromatic carbocycles. The van der Waals surface area contributed by atoms with E-state index in [1.165, 1.54) is 5.56 Å². The molecular weight excluding hydrogens is 348 g/mol. The number of aromatic nitrogens is 1. The molecule has 5 nitrogen and oxygen atoms in total. The number of thioether (sulfide) groups is 1. The highest BCUT2D eigenvalue weighted by Crippen LogP contribution is 2.23. The zero-order valence-corrected chi connectivity index (χ0v) is 15.6. The highest BCUT2D eigenvalue weighted by molar-refractivity contribution is 8.15. The van der Waals surface area contributed by atoms with Gasteiger partial charge in [0.05, 0.1) is 11.9 Å². The first kappa shape index (κ1) is 18.5. The van der Waals surface area contributed by atoms with Gasteiger partial charge in [-0.25, -0.2) is 0 Å². The molecule has 0 bridgehead atoms. The number of nitrogens with one attached hydrogen (secondary N) is 1. The van der Waals surface area contributed by atoms with Crippen molar-refractivity contribution in [1.82, 2.24) is 10.3 Å². The number of hydrogen-bond donors (Lipinski definition) is 1. The number of aryl methyl sites for hydroxylation is 1. The van der Waals surface area contributed by atoms with Crippen LogP contribution in [0.25, 0.3) is 0 Å². The summed E-state index contributed by atoms with van der Waals surface area (Å²) in [5.74, 6) is 0.578. The van der Waals surface area contributed by atoms with Crippen molar-refractivity contribution in [3.63, 3.8) is 0 Å². The van der Waals surface area contributed by atoms with Crippen LogP contribution in [0.4, 0.5) is 4.79 Å². The van der Waals surface area contributed by atoms with Crippen LogP contribution in [-0.4, -0.2) is 28.0 Å². The predicted octanol–water partition coefficient (Wildman–Crippen LogP) is 3.55. The maximum absolute atomic E-state index is 11.6. The standard InChI is InChI=1S/C20H22N2O3S/c1-2-3-15-4-7-16(21-13-15)10-11-25-17-8-5-14(6-9-17)12-18-19(23)22-20(24)26-18/h4-9,13,18H,2-3,10-12H2,1H3,(H,22,23,24). The van der Waals surface area contributed by atoms with Crippen molar-refractivity contribution in [2.24, 2.45) is 0 Å². The first-order chi connectivity index (χ1) is 12.6. The molecule has 1 fully saturated rings. The molecule has 1 saturated heterocycles. The van der Waals surface area contributed by atoms with Crippen molar-refractivity contribution in [3.05, 3.63) is 59.4 Å². The average Bonchev–Trinajstić information content (AvgIpc) is 2.95.